The molecule has 1 aromatic carbocycles. The topological polar surface area (TPSA) is 112 Å². The van der Waals surface area contributed by atoms with Gasteiger partial charge < -0.3 is 14.9 Å². The molecule has 2 aromatic rings. The quantitative estimate of drug-likeness (QED) is 0.478. The summed E-state index contributed by atoms with van der Waals surface area (Å²) in [5.41, 5.74) is 2.21. The van der Waals surface area contributed by atoms with Gasteiger partial charge in [0, 0.05) is 0 Å². The molecule has 2 rings (SSSR count). The molecule has 1 aromatic heterocycles. The summed E-state index contributed by atoms with van der Waals surface area (Å²) in [6.07, 6.45) is 1.49. The number of aromatic nitrogens is 2. The molecule has 1 heterocycles. The largest absolute Gasteiger partial charge is 0.491 e. The van der Waals surface area contributed by atoms with Gasteiger partial charge in [-0.25, -0.2) is 0 Å². The molecule has 9 nitrogen and oxygen atoms in total. The molecular weight excluding hydrogens is 350 g/mol. The Balaban J connectivity index is 2.21. The van der Waals surface area contributed by atoms with E-state index in [-0.39, 0.29) is 16.8 Å². The second-order valence-corrected chi connectivity index (χ2v) is 5.68. The first-order valence-corrected chi connectivity index (χ1v) is 7.64. The molecule has 0 fully saturated rings. The first-order valence-electron chi connectivity index (χ1n) is 7.26. The van der Waals surface area contributed by atoms with E-state index in [4.69, 9.17) is 16.3 Å². The van der Waals surface area contributed by atoms with Crippen molar-refractivity contribution in [2.45, 2.75) is 20.0 Å². The summed E-state index contributed by atoms with van der Waals surface area (Å²) in [6, 6.07) is 7.08. The number of hydrazone groups is 1. The van der Waals surface area contributed by atoms with Crippen LogP contribution in [0.3, 0.4) is 0 Å². The number of hydrogen-bond donors (Lipinski definition) is 1. The van der Waals surface area contributed by atoms with Crippen LogP contribution >= 0.6 is 11.6 Å². The first-order chi connectivity index (χ1) is 11.8. The van der Waals surface area contributed by atoms with Crippen molar-refractivity contribution in [3.63, 3.8) is 0 Å². The van der Waals surface area contributed by atoms with Crippen LogP contribution in [0.2, 0.25) is 5.02 Å². The molecule has 0 amide bonds. The van der Waals surface area contributed by atoms with Crippen molar-refractivity contribution in [3.05, 3.63) is 55.3 Å². The lowest BCUT2D eigenvalue weighted by Crippen LogP contribution is -2.22. The highest BCUT2D eigenvalue weighted by Crippen LogP contribution is 2.26. The lowest BCUT2D eigenvalue weighted by atomic mass is 10.2. The Kier molecular flexibility index (Phi) is 5.71. The normalized spacial score (nSPS) is 11.1. The third-order valence-electron chi connectivity index (χ3n) is 2.98. The number of rotatable bonds is 6. The van der Waals surface area contributed by atoms with Crippen molar-refractivity contribution in [3.8, 4) is 5.75 Å². The molecule has 0 radical (unpaired) electrons. The van der Waals surface area contributed by atoms with Crippen molar-refractivity contribution in [2.24, 2.45) is 12.1 Å². The number of halogens is 1. The van der Waals surface area contributed by atoms with Crippen LogP contribution in [-0.2, 0) is 7.05 Å². The predicted octanol–water partition coefficient (Wildman–Crippen LogP) is 2.58. The zero-order valence-corrected chi connectivity index (χ0v) is 14.5. The summed E-state index contributed by atoms with van der Waals surface area (Å²) in [5.74, 6) is 0.125. The van der Waals surface area contributed by atoms with Gasteiger partial charge in [0.15, 0.2) is 5.69 Å². The standard InChI is InChI=1S/C15H16ClN5O4/c1-9(2)25-11-6-4-10(5-7-11)8-17-18-13-12(16)15(22)20(3)19-14(13)21(23)24/h4-9,18H,1-3H3/b17-8-. The molecule has 0 bridgehead atoms. The minimum absolute atomic E-state index is 0.0667. The lowest BCUT2D eigenvalue weighted by Gasteiger charge is -2.09. The average Bonchev–Trinajstić information content (AvgIpc) is 2.55. The molecule has 0 atom stereocenters. The molecule has 25 heavy (non-hydrogen) atoms. The van der Waals surface area contributed by atoms with Crippen molar-refractivity contribution >= 4 is 29.3 Å². The summed E-state index contributed by atoms with van der Waals surface area (Å²) in [5, 5.41) is 18.1. The summed E-state index contributed by atoms with van der Waals surface area (Å²) in [7, 11) is 1.27. The van der Waals surface area contributed by atoms with E-state index < -0.39 is 16.3 Å². The second-order valence-electron chi connectivity index (χ2n) is 5.30. The number of aryl methyl sites for hydroxylation is 1. The van der Waals surface area contributed by atoms with Crippen LogP contribution in [0.4, 0.5) is 11.5 Å². The van der Waals surface area contributed by atoms with Crippen molar-refractivity contribution in [1.82, 2.24) is 9.78 Å². The Bertz CT molecular complexity index is 861. The van der Waals surface area contributed by atoms with E-state index >= 15 is 0 Å². The Hall–Kier alpha value is -2.94. The van der Waals surface area contributed by atoms with Gasteiger partial charge in [0.05, 0.1) is 24.5 Å². The minimum Gasteiger partial charge on any atom is -0.491 e. The fraction of sp³-hybridized carbons (Fsp3) is 0.267. The van der Waals surface area contributed by atoms with Gasteiger partial charge >= 0.3 is 11.4 Å². The highest BCUT2D eigenvalue weighted by molar-refractivity contribution is 6.33. The van der Waals surface area contributed by atoms with Gasteiger partial charge in [-0.3, -0.25) is 10.2 Å². The van der Waals surface area contributed by atoms with Gasteiger partial charge in [0.25, 0.3) is 0 Å². The maximum absolute atomic E-state index is 11.8. The Morgan fingerprint density at radius 3 is 2.60 bits per heavy atom. The Labute approximate surface area is 148 Å². The number of benzene rings is 1. The molecule has 0 aliphatic heterocycles. The van der Waals surface area contributed by atoms with Crippen LogP contribution in [0, 0.1) is 10.1 Å². The van der Waals surface area contributed by atoms with Crippen molar-refractivity contribution < 1.29 is 9.66 Å². The van der Waals surface area contributed by atoms with E-state index in [1.807, 2.05) is 13.8 Å². The van der Waals surface area contributed by atoms with Gasteiger partial charge in [-0.1, -0.05) is 11.6 Å². The fourth-order valence-electron chi connectivity index (χ4n) is 1.89. The van der Waals surface area contributed by atoms with E-state index in [1.165, 1.54) is 13.3 Å². The summed E-state index contributed by atoms with van der Waals surface area (Å²) < 4.78 is 6.32. The van der Waals surface area contributed by atoms with Crippen molar-refractivity contribution in [1.29, 1.82) is 0 Å². The number of anilines is 1. The summed E-state index contributed by atoms with van der Waals surface area (Å²) in [6.45, 7) is 3.85. The third-order valence-corrected chi connectivity index (χ3v) is 3.33. The van der Waals surface area contributed by atoms with Gasteiger partial charge in [0.2, 0.25) is 0 Å². The minimum atomic E-state index is -0.749. The molecule has 10 heteroatoms. The van der Waals surface area contributed by atoms with Gasteiger partial charge in [-0.15, -0.1) is 4.68 Å². The summed E-state index contributed by atoms with van der Waals surface area (Å²) >= 11 is 5.87. The van der Waals surface area contributed by atoms with Crippen LogP contribution in [0.5, 0.6) is 5.75 Å². The molecule has 0 saturated heterocycles. The molecule has 0 spiro atoms. The van der Waals surface area contributed by atoms with Crippen LogP contribution in [0.25, 0.3) is 0 Å². The smallest absolute Gasteiger partial charge is 0.415 e. The maximum atomic E-state index is 11.8. The molecule has 1 N–H and O–H groups in total. The zero-order valence-electron chi connectivity index (χ0n) is 13.8. The molecule has 132 valence electrons. The van der Waals surface area contributed by atoms with Crippen LogP contribution in [-0.4, -0.2) is 27.0 Å². The SMILES string of the molecule is CC(C)Oc1ccc(/C=N\Nc2c([N+](=O)[O-])nn(C)c(=O)c2Cl)cc1. The predicted molar refractivity (Wildman–Crippen MR) is 94.6 cm³/mol. The number of hydrogen-bond acceptors (Lipinski definition) is 7. The monoisotopic (exact) mass is 365 g/mol. The van der Waals surface area contributed by atoms with Crippen LogP contribution < -0.4 is 15.7 Å². The lowest BCUT2D eigenvalue weighted by molar-refractivity contribution is -0.389. The average molecular weight is 366 g/mol. The summed E-state index contributed by atoms with van der Waals surface area (Å²) in [4.78, 5) is 22.1. The number of nitro groups is 1. The molecule has 0 saturated carbocycles. The number of nitrogens with one attached hydrogen (secondary N) is 1. The van der Waals surface area contributed by atoms with E-state index in [1.54, 1.807) is 24.3 Å². The number of ether oxygens (including phenoxy) is 1. The van der Waals surface area contributed by atoms with E-state index in [0.717, 1.165) is 16.0 Å². The Morgan fingerprint density at radius 2 is 2.04 bits per heavy atom. The highest BCUT2D eigenvalue weighted by atomic mass is 35.5. The van der Waals surface area contributed by atoms with E-state index in [2.05, 4.69) is 15.6 Å². The van der Waals surface area contributed by atoms with Crippen molar-refractivity contribution in [2.75, 3.05) is 5.43 Å². The highest BCUT2D eigenvalue weighted by Gasteiger charge is 2.24. The molecule has 0 aliphatic carbocycles. The number of nitrogens with zero attached hydrogens (tertiary/aromatic N) is 4. The zero-order chi connectivity index (χ0) is 18.6. The van der Waals surface area contributed by atoms with Crippen LogP contribution in [0.1, 0.15) is 19.4 Å². The first kappa shape index (κ1) is 18.4. The van der Waals surface area contributed by atoms with Gasteiger partial charge in [-0.2, -0.15) is 5.10 Å². The molecule has 0 unspecified atom stereocenters. The third kappa shape index (κ3) is 4.54. The molecular formula is C15H16ClN5O4. The van der Waals surface area contributed by atoms with Gasteiger partial charge in [0.1, 0.15) is 10.8 Å². The van der Waals surface area contributed by atoms with Crippen LogP contribution in [0.15, 0.2) is 34.2 Å². The van der Waals surface area contributed by atoms with Gasteiger partial charge in [-0.05, 0) is 48.6 Å². The fourth-order valence-corrected chi connectivity index (χ4v) is 2.14. The Morgan fingerprint density at radius 1 is 1.40 bits per heavy atom. The van der Waals surface area contributed by atoms with E-state index in [0.29, 0.717) is 0 Å². The second kappa shape index (κ2) is 7.75. The molecule has 0 aliphatic rings. The van der Waals surface area contributed by atoms with E-state index in [9.17, 15) is 14.9 Å². The maximum Gasteiger partial charge on any atom is 0.415 e.